The second-order valence-corrected chi connectivity index (χ2v) is 15.7. The third-order valence-electron chi connectivity index (χ3n) is 10.9. The Bertz CT molecular complexity index is 1610. The van der Waals surface area contributed by atoms with E-state index >= 15 is 0 Å². The fraction of sp³-hybridized carbons (Fsp3) is 0.600. The van der Waals surface area contributed by atoms with Crippen LogP contribution in [0.15, 0.2) is 47.2 Å². The zero-order valence-corrected chi connectivity index (χ0v) is 30.4. The van der Waals surface area contributed by atoms with Gasteiger partial charge in [0.25, 0.3) is 0 Å². The van der Waals surface area contributed by atoms with Gasteiger partial charge in [-0.25, -0.2) is 14.8 Å². The number of ether oxygens (including phenoxy) is 2. The van der Waals surface area contributed by atoms with E-state index in [-0.39, 0.29) is 35.5 Å². The van der Waals surface area contributed by atoms with Gasteiger partial charge in [0.05, 0.1) is 13.2 Å². The smallest absolute Gasteiger partial charge is 0.410 e. The summed E-state index contributed by atoms with van der Waals surface area (Å²) >= 11 is 0. The lowest BCUT2D eigenvalue weighted by Gasteiger charge is -2.36. The molecule has 1 N–H and O–H groups in total. The third-order valence-corrected chi connectivity index (χ3v) is 10.9. The van der Waals surface area contributed by atoms with E-state index in [1.165, 1.54) is 5.56 Å². The number of aryl methyl sites for hydroxylation is 1. The summed E-state index contributed by atoms with van der Waals surface area (Å²) in [5, 5.41) is 9.80. The molecule has 10 nitrogen and oxygen atoms in total. The number of anilines is 1. The van der Waals surface area contributed by atoms with E-state index in [2.05, 4.69) is 45.9 Å². The van der Waals surface area contributed by atoms with E-state index in [0.29, 0.717) is 81.7 Å². The van der Waals surface area contributed by atoms with Gasteiger partial charge in [-0.15, -0.1) is 0 Å². The molecule has 0 atom stereocenters. The Morgan fingerprint density at radius 3 is 2.34 bits per heavy atom. The van der Waals surface area contributed by atoms with Crippen LogP contribution in [0.2, 0.25) is 0 Å². The SMILES string of the molecule is COc1ccc(C2CCC(CN(C(=O)C3CCC(OC(=O)N4CCC(O)CC4)CC3)c3cc(-c4coc(C(C)(C)C)n4)ccn3)CC2)cc1C. The van der Waals surface area contributed by atoms with Crippen LogP contribution in [0.4, 0.5) is 10.6 Å². The van der Waals surface area contributed by atoms with Crippen LogP contribution in [0.5, 0.6) is 5.75 Å². The number of hydrogen-bond acceptors (Lipinski definition) is 8. The van der Waals surface area contributed by atoms with E-state index in [1.54, 1.807) is 24.5 Å². The van der Waals surface area contributed by atoms with Crippen LogP contribution in [-0.2, 0) is 14.9 Å². The molecule has 3 fully saturated rings. The molecule has 2 aromatic heterocycles. The molecule has 1 saturated heterocycles. The highest BCUT2D eigenvalue weighted by Crippen LogP contribution is 2.39. The number of aliphatic hydroxyl groups is 1. The van der Waals surface area contributed by atoms with Gasteiger partial charge in [-0.3, -0.25) is 9.69 Å². The molecule has 3 aromatic rings. The molecule has 50 heavy (non-hydrogen) atoms. The minimum atomic E-state index is -0.344. The number of hydrogen-bond donors (Lipinski definition) is 1. The Labute approximate surface area is 296 Å². The van der Waals surface area contributed by atoms with Gasteiger partial charge in [-0.2, -0.15) is 0 Å². The first-order chi connectivity index (χ1) is 24.0. The summed E-state index contributed by atoms with van der Waals surface area (Å²) in [4.78, 5) is 40.4. The zero-order chi connectivity index (χ0) is 35.4. The molecule has 1 aliphatic heterocycles. The molecule has 6 rings (SSSR count). The number of carbonyl (C=O) groups is 2. The Balaban J connectivity index is 1.15. The Morgan fingerprint density at radius 2 is 1.70 bits per heavy atom. The summed E-state index contributed by atoms with van der Waals surface area (Å²) in [6, 6.07) is 10.4. The molecule has 2 saturated carbocycles. The molecule has 0 spiro atoms. The summed E-state index contributed by atoms with van der Waals surface area (Å²) in [6.07, 6.45) is 10.6. The number of rotatable bonds is 8. The number of aromatic nitrogens is 2. The lowest BCUT2D eigenvalue weighted by molar-refractivity contribution is -0.124. The molecular weight excluding hydrogens is 632 g/mol. The lowest BCUT2D eigenvalue weighted by Crippen LogP contribution is -2.44. The molecule has 0 radical (unpaired) electrons. The fourth-order valence-corrected chi connectivity index (χ4v) is 7.78. The van der Waals surface area contributed by atoms with E-state index in [4.69, 9.17) is 23.9 Å². The molecule has 0 unspecified atom stereocenters. The van der Waals surface area contributed by atoms with Crippen molar-refractivity contribution in [3.63, 3.8) is 0 Å². The van der Waals surface area contributed by atoms with Gasteiger partial charge in [0.1, 0.15) is 29.6 Å². The van der Waals surface area contributed by atoms with Crippen molar-refractivity contribution in [3.05, 3.63) is 59.8 Å². The molecule has 0 bridgehead atoms. The standard InChI is InChI=1S/C40H54N4O6/c1-26-22-30(12-15-35(26)48-5)28-8-6-27(7-9-28)24-44(36-23-31(16-19-41-36)34-25-49-38(42-34)40(2,3)4)37(46)29-10-13-33(14-11-29)50-39(47)43-20-17-32(45)18-21-43/h12,15-16,19,22-23,25,27-29,32-33,45H,6-11,13-14,17-18,20-21,24H2,1-5H3. The van der Waals surface area contributed by atoms with Crippen LogP contribution in [0, 0.1) is 18.8 Å². The Kier molecular flexibility index (Phi) is 11.2. The van der Waals surface area contributed by atoms with Crippen LogP contribution < -0.4 is 9.64 Å². The first-order valence-electron chi connectivity index (χ1n) is 18.5. The van der Waals surface area contributed by atoms with E-state index < -0.39 is 0 Å². The molecule has 1 aromatic carbocycles. The largest absolute Gasteiger partial charge is 0.496 e. The van der Waals surface area contributed by atoms with Gasteiger partial charge in [0.15, 0.2) is 5.89 Å². The first kappa shape index (κ1) is 35.9. The topological polar surface area (TPSA) is 118 Å². The fourth-order valence-electron chi connectivity index (χ4n) is 7.78. The summed E-state index contributed by atoms with van der Waals surface area (Å²) in [6.45, 7) is 9.95. The quantitative estimate of drug-likeness (QED) is 0.255. The van der Waals surface area contributed by atoms with E-state index in [9.17, 15) is 14.7 Å². The van der Waals surface area contributed by atoms with E-state index in [1.807, 2.05) is 17.0 Å². The first-order valence-corrected chi connectivity index (χ1v) is 18.5. The second-order valence-electron chi connectivity index (χ2n) is 15.7. The molecule has 270 valence electrons. The van der Waals surface area contributed by atoms with Gasteiger partial charge < -0.3 is 23.9 Å². The molecule has 10 heteroatoms. The van der Waals surface area contributed by atoms with Gasteiger partial charge >= 0.3 is 6.09 Å². The average Bonchev–Trinajstić information content (AvgIpc) is 3.63. The van der Waals surface area contributed by atoms with Crippen molar-refractivity contribution in [2.45, 2.75) is 115 Å². The molecular formula is C40H54N4O6. The van der Waals surface area contributed by atoms with Crippen LogP contribution in [0.1, 0.15) is 108 Å². The molecule has 2 amide bonds. The van der Waals surface area contributed by atoms with Gasteiger partial charge in [-0.1, -0.05) is 32.9 Å². The van der Waals surface area contributed by atoms with Crippen LogP contribution in [0.3, 0.4) is 0 Å². The number of piperidine rings is 1. The number of pyridine rings is 1. The Morgan fingerprint density at radius 1 is 0.980 bits per heavy atom. The predicted octanol–water partition coefficient (Wildman–Crippen LogP) is 7.81. The number of amides is 2. The number of nitrogens with zero attached hydrogens (tertiary/aromatic N) is 4. The number of carbonyl (C=O) groups excluding carboxylic acids is 2. The second kappa shape index (κ2) is 15.5. The maximum absolute atomic E-state index is 14.4. The Hall–Kier alpha value is -3.92. The van der Waals surface area contributed by atoms with Crippen LogP contribution in [-0.4, -0.2) is 70.9 Å². The zero-order valence-electron chi connectivity index (χ0n) is 30.4. The summed E-state index contributed by atoms with van der Waals surface area (Å²) < 4.78 is 17.2. The highest BCUT2D eigenvalue weighted by molar-refractivity contribution is 5.94. The number of likely N-dealkylation sites (tertiary alicyclic amines) is 1. The highest BCUT2D eigenvalue weighted by Gasteiger charge is 2.35. The van der Waals surface area contributed by atoms with Crippen LogP contribution in [0.25, 0.3) is 11.3 Å². The van der Waals surface area contributed by atoms with Crippen molar-refractivity contribution in [1.29, 1.82) is 0 Å². The van der Waals surface area contributed by atoms with Crippen molar-refractivity contribution in [3.8, 4) is 17.0 Å². The van der Waals surface area contributed by atoms with Crippen LogP contribution >= 0.6 is 0 Å². The summed E-state index contributed by atoms with van der Waals surface area (Å²) in [5.41, 5.74) is 3.90. The number of methoxy groups -OCH3 is 1. The minimum absolute atomic E-state index is 0.0906. The normalized spacial score (nSPS) is 23.4. The van der Waals surface area contributed by atoms with Crippen molar-refractivity contribution in [1.82, 2.24) is 14.9 Å². The average molecular weight is 687 g/mol. The van der Waals surface area contributed by atoms with Crippen molar-refractivity contribution < 1.29 is 28.6 Å². The van der Waals surface area contributed by atoms with Gasteiger partial charge in [-0.05, 0) is 112 Å². The summed E-state index contributed by atoms with van der Waals surface area (Å²) in [5.74, 6) is 3.01. The number of oxazole rings is 1. The minimum Gasteiger partial charge on any atom is -0.496 e. The van der Waals surface area contributed by atoms with E-state index in [0.717, 1.165) is 48.3 Å². The lowest BCUT2D eigenvalue weighted by atomic mass is 9.78. The molecule has 3 aliphatic rings. The van der Waals surface area contributed by atoms with Crippen molar-refractivity contribution >= 4 is 17.8 Å². The molecule has 2 aliphatic carbocycles. The maximum Gasteiger partial charge on any atom is 0.410 e. The monoisotopic (exact) mass is 686 g/mol. The third kappa shape index (κ3) is 8.50. The summed E-state index contributed by atoms with van der Waals surface area (Å²) in [7, 11) is 1.71. The van der Waals surface area contributed by atoms with Crippen molar-refractivity contribution in [2.24, 2.45) is 11.8 Å². The molecule has 3 heterocycles. The maximum atomic E-state index is 14.4. The number of benzene rings is 1. The predicted molar refractivity (Wildman–Crippen MR) is 192 cm³/mol. The van der Waals surface area contributed by atoms with Crippen molar-refractivity contribution in [2.75, 3.05) is 31.6 Å². The highest BCUT2D eigenvalue weighted by atomic mass is 16.6. The van der Waals surface area contributed by atoms with Gasteiger partial charge in [0.2, 0.25) is 5.91 Å². The number of aliphatic hydroxyl groups excluding tert-OH is 1. The van der Waals surface area contributed by atoms with Gasteiger partial charge in [0, 0.05) is 42.7 Å².